The molecule has 0 unspecified atom stereocenters. The fourth-order valence-corrected chi connectivity index (χ4v) is 7.05. The summed E-state index contributed by atoms with van der Waals surface area (Å²) < 4.78 is 0. The summed E-state index contributed by atoms with van der Waals surface area (Å²) in [7, 11) is -0.325. The standard InChI is InChI=1S/C17H25Si/c1-18(16-9-3-2-4-10-16)14-17-11-5-7-15(13-17)8-6-12-17/h2-4,9-10,15H,5-8,11-14H2,1H3. The van der Waals surface area contributed by atoms with Gasteiger partial charge in [-0.3, -0.25) is 0 Å². The van der Waals surface area contributed by atoms with Gasteiger partial charge in [-0.05, 0) is 36.6 Å². The molecule has 0 saturated heterocycles. The normalized spacial score (nSPS) is 31.6. The van der Waals surface area contributed by atoms with Crippen LogP contribution in [0.2, 0.25) is 12.6 Å². The molecule has 0 aromatic heterocycles. The number of benzene rings is 1. The first-order chi connectivity index (χ1) is 8.77. The maximum atomic E-state index is 2.53. The van der Waals surface area contributed by atoms with E-state index in [0.29, 0.717) is 0 Å². The molecule has 1 heteroatoms. The fraction of sp³-hybridized carbons (Fsp3) is 0.647. The lowest BCUT2D eigenvalue weighted by atomic mass is 9.63. The summed E-state index contributed by atoms with van der Waals surface area (Å²) >= 11 is 0. The summed E-state index contributed by atoms with van der Waals surface area (Å²) in [6, 6.07) is 12.8. The third kappa shape index (κ3) is 2.56. The van der Waals surface area contributed by atoms with Crippen molar-refractivity contribution in [2.75, 3.05) is 0 Å². The first-order valence-electron chi connectivity index (χ1n) is 7.65. The topological polar surface area (TPSA) is 0 Å². The van der Waals surface area contributed by atoms with Gasteiger partial charge in [0.2, 0.25) is 0 Å². The molecule has 0 aliphatic heterocycles. The maximum Gasteiger partial charge on any atom is 0.0829 e. The summed E-state index contributed by atoms with van der Waals surface area (Å²) in [5.41, 5.74) is 0.750. The summed E-state index contributed by atoms with van der Waals surface area (Å²) in [5, 5.41) is 1.64. The second-order valence-corrected chi connectivity index (χ2v) is 9.17. The highest BCUT2D eigenvalue weighted by molar-refractivity contribution is 6.72. The van der Waals surface area contributed by atoms with Crippen molar-refractivity contribution in [3.63, 3.8) is 0 Å². The number of hydrogen-bond acceptors (Lipinski definition) is 0. The van der Waals surface area contributed by atoms with E-state index in [4.69, 9.17) is 0 Å². The summed E-state index contributed by atoms with van der Waals surface area (Å²) in [6.45, 7) is 2.53. The van der Waals surface area contributed by atoms with Gasteiger partial charge in [0.1, 0.15) is 0 Å². The lowest BCUT2D eigenvalue weighted by Gasteiger charge is -2.46. The van der Waals surface area contributed by atoms with E-state index in [2.05, 4.69) is 36.9 Å². The quantitative estimate of drug-likeness (QED) is 0.705. The van der Waals surface area contributed by atoms with E-state index in [9.17, 15) is 0 Å². The summed E-state index contributed by atoms with van der Waals surface area (Å²) in [6.07, 6.45) is 10.7. The van der Waals surface area contributed by atoms with E-state index in [1.54, 1.807) is 11.6 Å². The van der Waals surface area contributed by atoms with Crippen LogP contribution in [0.25, 0.3) is 0 Å². The second kappa shape index (κ2) is 5.20. The molecule has 0 N–H and O–H groups in total. The van der Waals surface area contributed by atoms with Crippen LogP contribution >= 0.6 is 0 Å². The number of hydrogen-bond donors (Lipinski definition) is 0. The van der Waals surface area contributed by atoms with Crippen LogP contribution < -0.4 is 5.19 Å². The zero-order valence-corrected chi connectivity index (χ0v) is 12.6. The predicted octanol–water partition coefficient (Wildman–Crippen LogP) is 4.38. The lowest BCUT2D eigenvalue weighted by Crippen LogP contribution is -2.39. The smallest absolute Gasteiger partial charge is 0.0669 e. The Bertz CT molecular complexity index is 374. The largest absolute Gasteiger partial charge is 0.0829 e. The monoisotopic (exact) mass is 257 g/mol. The van der Waals surface area contributed by atoms with Gasteiger partial charge in [-0.1, -0.05) is 67.7 Å². The average Bonchev–Trinajstić information content (AvgIpc) is 2.39. The number of rotatable bonds is 3. The molecule has 2 fully saturated rings. The third-order valence-corrected chi connectivity index (χ3v) is 7.87. The van der Waals surface area contributed by atoms with Gasteiger partial charge in [-0.2, -0.15) is 0 Å². The summed E-state index contributed by atoms with van der Waals surface area (Å²) in [4.78, 5) is 0. The van der Waals surface area contributed by atoms with E-state index in [0.717, 1.165) is 11.3 Å². The molecule has 0 spiro atoms. The van der Waals surface area contributed by atoms with Gasteiger partial charge in [-0.25, -0.2) is 0 Å². The molecule has 3 rings (SSSR count). The lowest BCUT2D eigenvalue weighted by molar-refractivity contribution is 0.0955. The van der Waals surface area contributed by atoms with E-state index in [1.165, 1.54) is 44.6 Å². The molecule has 0 nitrogen and oxygen atoms in total. The van der Waals surface area contributed by atoms with E-state index in [1.807, 2.05) is 0 Å². The Kier molecular flexibility index (Phi) is 3.60. The molecule has 2 saturated carbocycles. The zero-order chi connectivity index (χ0) is 12.4. The van der Waals surface area contributed by atoms with Crippen LogP contribution in [0.5, 0.6) is 0 Å². The van der Waals surface area contributed by atoms with Crippen LogP contribution in [0, 0.1) is 11.3 Å². The Morgan fingerprint density at radius 2 is 1.78 bits per heavy atom. The van der Waals surface area contributed by atoms with Crippen molar-refractivity contribution < 1.29 is 0 Å². The second-order valence-electron chi connectivity index (χ2n) is 6.68. The van der Waals surface area contributed by atoms with Gasteiger partial charge < -0.3 is 0 Å². The van der Waals surface area contributed by atoms with Gasteiger partial charge in [0.25, 0.3) is 0 Å². The summed E-state index contributed by atoms with van der Waals surface area (Å²) in [5.74, 6) is 1.08. The Morgan fingerprint density at radius 3 is 2.44 bits per heavy atom. The minimum absolute atomic E-state index is 0.325. The molecule has 1 aromatic rings. The van der Waals surface area contributed by atoms with Crippen LogP contribution in [-0.2, 0) is 0 Å². The van der Waals surface area contributed by atoms with Crippen molar-refractivity contribution in [3.8, 4) is 0 Å². The van der Waals surface area contributed by atoms with E-state index < -0.39 is 0 Å². The first kappa shape index (κ1) is 12.5. The highest BCUT2D eigenvalue weighted by Crippen LogP contribution is 2.51. The van der Waals surface area contributed by atoms with Gasteiger partial charge in [0, 0.05) is 0 Å². The molecule has 0 heterocycles. The van der Waals surface area contributed by atoms with Gasteiger partial charge in [0.05, 0.1) is 8.80 Å². The molecule has 18 heavy (non-hydrogen) atoms. The van der Waals surface area contributed by atoms with Gasteiger partial charge >= 0.3 is 0 Å². The molecule has 0 amide bonds. The molecular formula is C17H25Si. The molecule has 2 aliphatic carbocycles. The van der Waals surface area contributed by atoms with E-state index >= 15 is 0 Å². The fourth-order valence-electron chi connectivity index (χ4n) is 4.46. The van der Waals surface area contributed by atoms with Crippen LogP contribution in [0.4, 0.5) is 0 Å². The van der Waals surface area contributed by atoms with Gasteiger partial charge in [0.15, 0.2) is 0 Å². The maximum absolute atomic E-state index is 2.53. The van der Waals surface area contributed by atoms with Crippen molar-refractivity contribution in [2.45, 2.75) is 57.5 Å². The molecule has 2 bridgehead atoms. The Hall–Kier alpha value is -0.563. The van der Waals surface area contributed by atoms with Crippen molar-refractivity contribution in [2.24, 2.45) is 11.3 Å². The van der Waals surface area contributed by atoms with Crippen LogP contribution in [0.15, 0.2) is 30.3 Å². The highest BCUT2D eigenvalue weighted by Gasteiger charge is 2.40. The van der Waals surface area contributed by atoms with Crippen LogP contribution in [0.3, 0.4) is 0 Å². The van der Waals surface area contributed by atoms with Gasteiger partial charge in [-0.15, -0.1) is 0 Å². The molecule has 2 aliphatic rings. The Balaban J connectivity index is 1.71. The zero-order valence-electron chi connectivity index (χ0n) is 11.6. The van der Waals surface area contributed by atoms with Crippen molar-refractivity contribution in [1.29, 1.82) is 0 Å². The van der Waals surface area contributed by atoms with E-state index in [-0.39, 0.29) is 8.80 Å². The molecule has 0 atom stereocenters. The van der Waals surface area contributed by atoms with Crippen molar-refractivity contribution in [1.82, 2.24) is 0 Å². The minimum atomic E-state index is -0.325. The number of fused-ring (bicyclic) bond motifs is 2. The van der Waals surface area contributed by atoms with Crippen LogP contribution in [0.1, 0.15) is 44.9 Å². The Morgan fingerprint density at radius 1 is 1.11 bits per heavy atom. The molecule has 1 aromatic carbocycles. The predicted molar refractivity (Wildman–Crippen MR) is 80.7 cm³/mol. The first-order valence-corrected chi connectivity index (χ1v) is 9.86. The molecule has 1 radical (unpaired) electrons. The molecule has 97 valence electrons. The Labute approximate surface area is 113 Å². The SMILES string of the molecule is C[Si](CC12CCCC(CCC1)C2)c1ccccc1. The molecular weight excluding hydrogens is 232 g/mol. The van der Waals surface area contributed by atoms with Crippen molar-refractivity contribution in [3.05, 3.63) is 30.3 Å². The highest BCUT2D eigenvalue weighted by atomic mass is 28.3. The van der Waals surface area contributed by atoms with Crippen LogP contribution in [-0.4, -0.2) is 8.80 Å². The third-order valence-electron chi connectivity index (χ3n) is 5.27. The average molecular weight is 257 g/mol. The minimum Gasteiger partial charge on any atom is -0.0669 e. The van der Waals surface area contributed by atoms with Crippen molar-refractivity contribution >= 4 is 14.0 Å².